The first kappa shape index (κ1) is 15.6. The minimum Gasteiger partial charge on any atom is -0.496 e. The van der Waals surface area contributed by atoms with Gasteiger partial charge in [0.2, 0.25) is 0 Å². The minimum absolute atomic E-state index is 0.238. The van der Waals surface area contributed by atoms with Gasteiger partial charge in [-0.15, -0.1) is 0 Å². The molecular formula is C16H20ClN3O. The first-order valence-electron chi connectivity index (χ1n) is 6.88. The number of ether oxygens (including phenoxy) is 1. The van der Waals surface area contributed by atoms with Crippen molar-refractivity contribution in [1.82, 2.24) is 9.97 Å². The number of hydrogen-bond donors (Lipinski definition) is 0. The van der Waals surface area contributed by atoms with Gasteiger partial charge in [-0.3, -0.25) is 0 Å². The molecule has 0 saturated carbocycles. The zero-order valence-corrected chi connectivity index (χ0v) is 13.6. The van der Waals surface area contributed by atoms with E-state index in [2.05, 4.69) is 23.8 Å². The topological polar surface area (TPSA) is 38.2 Å². The maximum absolute atomic E-state index is 6.10. The Morgan fingerprint density at radius 2 is 1.95 bits per heavy atom. The van der Waals surface area contributed by atoms with E-state index in [1.807, 2.05) is 36.2 Å². The lowest BCUT2D eigenvalue weighted by Crippen LogP contribution is -2.19. The minimum atomic E-state index is 0.238. The SMILES string of the molecule is COc1ccccc1CN(C)c1cc(Cl)nc(C(C)C)n1. The van der Waals surface area contributed by atoms with Gasteiger partial charge in [-0.25, -0.2) is 9.97 Å². The molecule has 0 amide bonds. The molecule has 0 atom stereocenters. The Kier molecular flexibility index (Phi) is 5.02. The van der Waals surface area contributed by atoms with Gasteiger partial charge in [0.25, 0.3) is 0 Å². The van der Waals surface area contributed by atoms with Crippen molar-refractivity contribution in [3.05, 3.63) is 46.9 Å². The van der Waals surface area contributed by atoms with Crippen molar-refractivity contribution in [2.24, 2.45) is 0 Å². The molecule has 0 fully saturated rings. The largest absolute Gasteiger partial charge is 0.496 e. The van der Waals surface area contributed by atoms with Gasteiger partial charge in [0.15, 0.2) is 0 Å². The molecule has 5 heteroatoms. The monoisotopic (exact) mass is 305 g/mol. The highest BCUT2D eigenvalue weighted by Crippen LogP contribution is 2.23. The molecule has 21 heavy (non-hydrogen) atoms. The van der Waals surface area contributed by atoms with Crippen LogP contribution in [0.2, 0.25) is 5.15 Å². The summed E-state index contributed by atoms with van der Waals surface area (Å²) in [7, 11) is 3.66. The number of para-hydroxylation sites is 1. The van der Waals surface area contributed by atoms with Crippen LogP contribution in [-0.4, -0.2) is 24.1 Å². The van der Waals surface area contributed by atoms with Crippen LogP contribution in [0.15, 0.2) is 30.3 Å². The molecule has 0 bridgehead atoms. The van der Waals surface area contributed by atoms with Gasteiger partial charge < -0.3 is 9.64 Å². The van der Waals surface area contributed by atoms with Crippen LogP contribution >= 0.6 is 11.6 Å². The predicted octanol–water partition coefficient (Wildman–Crippen LogP) is 3.90. The van der Waals surface area contributed by atoms with Crippen LogP contribution in [0.1, 0.15) is 31.2 Å². The lowest BCUT2D eigenvalue weighted by atomic mass is 10.2. The number of halogens is 1. The molecule has 2 aromatic rings. The zero-order chi connectivity index (χ0) is 15.4. The van der Waals surface area contributed by atoms with E-state index in [9.17, 15) is 0 Å². The average molecular weight is 306 g/mol. The van der Waals surface area contributed by atoms with Gasteiger partial charge in [-0.2, -0.15) is 0 Å². The molecule has 0 aliphatic heterocycles. The van der Waals surface area contributed by atoms with Crippen molar-refractivity contribution in [3.63, 3.8) is 0 Å². The van der Waals surface area contributed by atoms with E-state index in [1.165, 1.54) is 0 Å². The summed E-state index contributed by atoms with van der Waals surface area (Å²) in [6.45, 7) is 4.79. The van der Waals surface area contributed by atoms with Crippen LogP contribution in [0.4, 0.5) is 5.82 Å². The summed E-state index contributed by atoms with van der Waals surface area (Å²) < 4.78 is 5.38. The van der Waals surface area contributed by atoms with Crippen molar-refractivity contribution in [2.45, 2.75) is 26.3 Å². The van der Waals surface area contributed by atoms with E-state index in [-0.39, 0.29) is 5.92 Å². The Balaban J connectivity index is 2.26. The molecule has 0 spiro atoms. The third kappa shape index (κ3) is 3.85. The Morgan fingerprint density at radius 3 is 2.62 bits per heavy atom. The number of benzene rings is 1. The summed E-state index contributed by atoms with van der Waals surface area (Å²) in [5.74, 6) is 2.67. The zero-order valence-electron chi connectivity index (χ0n) is 12.8. The molecule has 1 heterocycles. The van der Waals surface area contributed by atoms with Gasteiger partial charge in [-0.1, -0.05) is 43.6 Å². The molecule has 0 aliphatic rings. The van der Waals surface area contributed by atoms with Crippen molar-refractivity contribution in [1.29, 1.82) is 0 Å². The molecular weight excluding hydrogens is 286 g/mol. The summed E-state index contributed by atoms with van der Waals surface area (Å²) in [6, 6.07) is 9.74. The lowest BCUT2D eigenvalue weighted by molar-refractivity contribution is 0.409. The maximum atomic E-state index is 6.10. The Bertz CT molecular complexity index is 616. The van der Waals surface area contributed by atoms with Crippen LogP contribution in [0.25, 0.3) is 0 Å². The van der Waals surface area contributed by atoms with Crippen molar-refractivity contribution >= 4 is 17.4 Å². The van der Waals surface area contributed by atoms with Gasteiger partial charge in [0.1, 0.15) is 22.5 Å². The van der Waals surface area contributed by atoms with E-state index >= 15 is 0 Å². The second-order valence-electron chi connectivity index (χ2n) is 5.23. The third-order valence-corrected chi connectivity index (χ3v) is 3.40. The van der Waals surface area contributed by atoms with E-state index in [4.69, 9.17) is 16.3 Å². The molecule has 112 valence electrons. The number of methoxy groups -OCH3 is 1. The fourth-order valence-electron chi connectivity index (χ4n) is 2.05. The predicted molar refractivity (Wildman–Crippen MR) is 86.2 cm³/mol. The Morgan fingerprint density at radius 1 is 1.24 bits per heavy atom. The van der Waals surface area contributed by atoms with E-state index in [0.29, 0.717) is 11.7 Å². The summed E-state index contributed by atoms with van der Waals surface area (Å²) in [6.07, 6.45) is 0. The Hall–Kier alpha value is -1.81. The lowest BCUT2D eigenvalue weighted by Gasteiger charge is -2.20. The molecule has 0 aliphatic carbocycles. The van der Waals surface area contributed by atoms with Crippen LogP contribution in [0, 0.1) is 0 Å². The molecule has 4 nitrogen and oxygen atoms in total. The normalized spacial score (nSPS) is 10.8. The summed E-state index contributed by atoms with van der Waals surface area (Å²) in [5.41, 5.74) is 1.10. The maximum Gasteiger partial charge on any atom is 0.135 e. The molecule has 0 saturated heterocycles. The highest BCUT2D eigenvalue weighted by Gasteiger charge is 2.12. The average Bonchev–Trinajstić information content (AvgIpc) is 2.47. The summed E-state index contributed by atoms with van der Waals surface area (Å²) in [4.78, 5) is 10.9. The molecule has 2 rings (SSSR count). The second-order valence-corrected chi connectivity index (χ2v) is 5.62. The molecule has 0 radical (unpaired) electrons. The van der Waals surface area contributed by atoms with Crippen molar-refractivity contribution < 1.29 is 4.74 Å². The molecule has 0 N–H and O–H groups in total. The summed E-state index contributed by atoms with van der Waals surface area (Å²) >= 11 is 6.10. The fourth-order valence-corrected chi connectivity index (χ4v) is 2.23. The first-order chi connectivity index (χ1) is 10.0. The van der Waals surface area contributed by atoms with Gasteiger partial charge >= 0.3 is 0 Å². The standard InChI is InChI=1S/C16H20ClN3O/c1-11(2)16-18-14(17)9-15(19-16)20(3)10-12-7-5-6-8-13(12)21-4/h5-9,11H,10H2,1-4H3. The van der Waals surface area contributed by atoms with Crippen molar-refractivity contribution in [2.75, 3.05) is 19.1 Å². The highest BCUT2D eigenvalue weighted by atomic mass is 35.5. The van der Waals surface area contributed by atoms with E-state index in [0.717, 1.165) is 23.0 Å². The number of aromatic nitrogens is 2. The fraction of sp³-hybridized carbons (Fsp3) is 0.375. The number of rotatable bonds is 5. The van der Waals surface area contributed by atoms with Gasteiger partial charge in [0.05, 0.1) is 7.11 Å². The van der Waals surface area contributed by atoms with Crippen LogP contribution in [0.3, 0.4) is 0 Å². The second kappa shape index (κ2) is 6.76. The molecule has 1 aromatic heterocycles. The van der Waals surface area contributed by atoms with Crippen LogP contribution in [-0.2, 0) is 6.54 Å². The summed E-state index contributed by atoms with van der Waals surface area (Å²) in [5, 5.41) is 0.468. The number of nitrogens with zero attached hydrogens (tertiary/aromatic N) is 3. The van der Waals surface area contributed by atoms with Crippen LogP contribution < -0.4 is 9.64 Å². The number of anilines is 1. The van der Waals surface area contributed by atoms with Gasteiger partial charge in [-0.05, 0) is 6.07 Å². The Labute approximate surface area is 130 Å². The van der Waals surface area contributed by atoms with E-state index in [1.54, 1.807) is 13.2 Å². The first-order valence-corrected chi connectivity index (χ1v) is 7.26. The highest BCUT2D eigenvalue weighted by molar-refractivity contribution is 6.29. The molecule has 1 aromatic carbocycles. The van der Waals surface area contributed by atoms with E-state index < -0.39 is 0 Å². The van der Waals surface area contributed by atoms with Gasteiger partial charge in [0, 0.05) is 31.1 Å². The third-order valence-electron chi connectivity index (χ3n) is 3.21. The van der Waals surface area contributed by atoms with Crippen molar-refractivity contribution in [3.8, 4) is 5.75 Å². The van der Waals surface area contributed by atoms with Crippen LogP contribution in [0.5, 0.6) is 5.75 Å². The smallest absolute Gasteiger partial charge is 0.135 e. The quantitative estimate of drug-likeness (QED) is 0.785. The molecule has 0 unspecified atom stereocenters. The number of hydrogen-bond acceptors (Lipinski definition) is 4.